The number of carbonyl (C=O) groups excluding carboxylic acids is 2. The van der Waals surface area contributed by atoms with Crippen LogP contribution in [-0.4, -0.2) is 31.1 Å². The van der Waals surface area contributed by atoms with Crippen molar-refractivity contribution in [1.82, 2.24) is 16.1 Å². The normalized spacial score (nSPS) is 19.1. The third-order valence-corrected chi connectivity index (χ3v) is 6.97. The van der Waals surface area contributed by atoms with Crippen molar-refractivity contribution in [2.45, 2.75) is 24.6 Å². The first-order chi connectivity index (χ1) is 18.1. The first-order valence-corrected chi connectivity index (χ1v) is 12.6. The van der Waals surface area contributed by atoms with Crippen molar-refractivity contribution in [1.29, 1.82) is 0 Å². The van der Waals surface area contributed by atoms with Gasteiger partial charge < -0.3 is 10.6 Å². The molecule has 6 nitrogen and oxygen atoms in total. The smallest absolute Gasteiger partial charge is 0.354 e. The second-order valence-electron chi connectivity index (χ2n) is 9.29. The number of hydroxylamine groups is 1. The van der Waals surface area contributed by atoms with E-state index in [1.54, 1.807) is 24.3 Å². The minimum absolute atomic E-state index is 0.0311. The van der Waals surface area contributed by atoms with Crippen molar-refractivity contribution in [3.63, 3.8) is 0 Å². The number of benzene rings is 3. The molecule has 1 saturated carbocycles. The highest BCUT2D eigenvalue weighted by Crippen LogP contribution is 2.48. The molecule has 11 heteroatoms. The van der Waals surface area contributed by atoms with Gasteiger partial charge in [-0.2, -0.15) is 13.2 Å². The van der Waals surface area contributed by atoms with Crippen LogP contribution in [-0.2, 0) is 15.2 Å². The van der Waals surface area contributed by atoms with Crippen molar-refractivity contribution in [2.24, 2.45) is 5.92 Å². The van der Waals surface area contributed by atoms with Crippen molar-refractivity contribution in [2.75, 3.05) is 13.1 Å². The van der Waals surface area contributed by atoms with E-state index in [9.17, 15) is 22.8 Å². The van der Waals surface area contributed by atoms with Gasteiger partial charge in [0.05, 0.1) is 12.2 Å². The number of alkyl halides is 3. The largest absolute Gasteiger partial charge is 0.428 e. The fourth-order valence-electron chi connectivity index (χ4n) is 4.37. The summed E-state index contributed by atoms with van der Waals surface area (Å²) in [6, 6.07) is 13.5. The van der Waals surface area contributed by atoms with Crippen LogP contribution in [0.15, 0.2) is 60.7 Å². The highest BCUT2D eigenvalue weighted by atomic mass is 35.5. The van der Waals surface area contributed by atoms with Crippen molar-refractivity contribution in [3.8, 4) is 0 Å². The summed E-state index contributed by atoms with van der Waals surface area (Å²) < 4.78 is 43.2. The van der Waals surface area contributed by atoms with Crippen LogP contribution in [0.5, 0.6) is 0 Å². The average molecular weight is 564 g/mol. The van der Waals surface area contributed by atoms with Gasteiger partial charge in [0, 0.05) is 33.3 Å². The van der Waals surface area contributed by atoms with Crippen molar-refractivity contribution >= 4 is 51.5 Å². The Hall–Kier alpha value is -3.27. The third-order valence-electron chi connectivity index (χ3n) is 6.54. The molecule has 3 aromatic rings. The zero-order chi connectivity index (χ0) is 27.1. The van der Waals surface area contributed by atoms with E-state index < -0.39 is 17.7 Å². The molecule has 0 aromatic heterocycles. The van der Waals surface area contributed by atoms with Gasteiger partial charge in [-0.15, -0.1) is 0 Å². The molecule has 198 valence electrons. The van der Waals surface area contributed by atoms with Crippen LogP contribution < -0.4 is 16.1 Å². The summed E-state index contributed by atoms with van der Waals surface area (Å²) >= 11 is 12.0. The fraction of sp³-hybridized carbons (Fsp3) is 0.259. The van der Waals surface area contributed by atoms with Gasteiger partial charge in [0.25, 0.3) is 5.91 Å². The summed E-state index contributed by atoms with van der Waals surface area (Å²) in [7, 11) is 0. The maximum Gasteiger partial charge on any atom is 0.428 e. The Labute approximate surface area is 226 Å². The quantitative estimate of drug-likeness (QED) is 0.342. The van der Waals surface area contributed by atoms with Gasteiger partial charge >= 0.3 is 6.18 Å². The molecular formula is C27H22Cl2F3N3O3. The molecular weight excluding hydrogens is 542 g/mol. The van der Waals surface area contributed by atoms with Crippen LogP contribution in [0.25, 0.3) is 16.5 Å². The van der Waals surface area contributed by atoms with Crippen LogP contribution in [0.1, 0.15) is 34.3 Å². The number of amides is 2. The summed E-state index contributed by atoms with van der Waals surface area (Å²) in [6.07, 6.45) is -1.73. The summed E-state index contributed by atoms with van der Waals surface area (Å²) in [5.74, 6) is -0.244. The molecule has 1 atom stereocenters. The zero-order valence-electron chi connectivity index (χ0n) is 19.8. The number of nitrogens with one attached hydrogen (secondary N) is 3. The van der Waals surface area contributed by atoms with Crippen LogP contribution in [0.4, 0.5) is 13.2 Å². The SMILES string of the molecule is O=C(CNC(=O)c1ccc(C2=CC(c3cc(Cl)cc(Cl)c3)(C(F)(F)F)ON2)c2ccccc12)NCC1CC1. The lowest BCUT2D eigenvalue weighted by atomic mass is 9.90. The van der Waals surface area contributed by atoms with Crippen molar-refractivity contribution in [3.05, 3.63) is 87.4 Å². The summed E-state index contributed by atoms with van der Waals surface area (Å²) in [5.41, 5.74) is 0.0104. The van der Waals surface area contributed by atoms with E-state index in [-0.39, 0.29) is 39.3 Å². The molecule has 2 amide bonds. The lowest BCUT2D eigenvalue weighted by molar-refractivity contribution is -0.269. The standard InChI is InChI=1S/C27H22Cl2F3N3O3/c28-17-9-16(10-18(29)11-17)26(27(30,31)32)12-23(35-38-26)21-7-8-22(20-4-2-1-3-19(20)21)25(37)34-14-24(36)33-13-15-5-6-15/h1-4,7-12,15,35H,5-6,13-14H2,(H,33,36)(H,34,37). The number of halogens is 5. The molecule has 1 fully saturated rings. The van der Waals surface area contributed by atoms with E-state index in [2.05, 4.69) is 16.1 Å². The first kappa shape index (κ1) is 26.3. The Kier molecular flexibility index (Phi) is 7.02. The van der Waals surface area contributed by atoms with Crippen molar-refractivity contribution < 1.29 is 27.6 Å². The second kappa shape index (κ2) is 10.1. The molecule has 38 heavy (non-hydrogen) atoms. The number of fused-ring (bicyclic) bond motifs is 1. The molecule has 0 bridgehead atoms. The number of hydrogen-bond donors (Lipinski definition) is 3. The van der Waals surface area contributed by atoms with E-state index >= 15 is 0 Å². The van der Waals surface area contributed by atoms with Gasteiger partial charge in [0.2, 0.25) is 11.5 Å². The number of rotatable bonds is 7. The van der Waals surface area contributed by atoms with Gasteiger partial charge in [0.15, 0.2) is 0 Å². The Morgan fingerprint density at radius 1 is 1.00 bits per heavy atom. The molecule has 1 aliphatic carbocycles. The molecule has 2 aliphatic rings. The Bertz CT molecular complexity index is 1440. The molecule has 0 spiro atoms. The molecule has 1 heterocycles. The number of carbonyl (C=O) groups is 2. The van der Waals surface area contributed by atoms with Crippen LogP contribution >= 0.6 is 23.2 Å². The lowest BCUT2D eigenvalue weighted by Crippen LogP contribution is -2.42. The molecule has 0 radical (unpaired) electrons. The highest BCUT2D eigenvalue weighted by molar-refractivity contribution is 6.34. The fourth-order valence-corrected chi connectivity index (χ4v) is 4.90. The highest BCUT2D eigenvalue weighted by Gasteiger charge is 2.59. The first-order valence-electron chi connectivity index (χ1n) is 11.8. The summed E-state index contributed by atoms with van der Waals surface area (Å²) in [5, 5.41) is 6.47. The molecule has 5 rings (SSSR count). The summed E-state index contributed by atoms with van der Waals surface area (Å²) in [6.45, 7) is 0.413. The molecule has 3 N–H and O–H groups in total. The van der Waals surface area contributed by atoms with E-state index in [1.807, 2.05) is 0 Å². The van der Waals surface area contributed by atoms with Gasteiger partial charge in [-0.05, 0) is 59.9 Å². The van der Waals surface area contributed by atoms with Gasteiger partial charge in [-0.3, -0.25) is 19.9 Å². The van der Waals surface area contributed by atoms with Crippen LogP contribution in [0.3, 0.4) is 0 Å². The molecule has 3 aromatic carbocycles. The topological polar surface area (TPSA) is 79.5 Å². The van der Waals surface area contributed by atoms with Crippen LogP contribution in [0.2, 0.25) is 10.0 Å². The maximum absolute atomic E-state index is 14.4. The Morgan fingerprint density at radius 2 is 1.68 bits per heavy atom. The number of hydrogen-bond acceptors (Lipinski definition) is 4. The van der Waals surface area contributed by atoms with E-state index in [4.69, 9.17) is 28.0 Å². The zero-order valence-corrected chi connectivity index (χ0v) is 21.3. The minimum atomic E-state index is -4.86. The second-order valence-corrected chi connectivity index (χ2v) is 10.2. The maximum atomic E-state index is 14.4. The third kappa shape index (κ3) is 5.18. The Morgan fingerprint density at radius 3 is 2.34 bits per heavy atom. The van der Waals surface area contributed by atoms with Gasteiger partial charge in [-0.1, -0.05) is 53.5 Å². The van der Waals surface area contributed by atoms with Gasteiger partial charge in [-0.25, -0.2) is 0 Å². The molecule has 1 unspecified atom stereocenters. The molecule has 0 saturated heterocycles. The Balaban J connectivity index is 1.47. The predicted molar refractivity (Wildman–Crippen MR) is 138 cm³/mol. The lowest BCUT2D eigenvalue weighted by Gasteiger charge is -2.28. The van der Waals surface area contributed by atoms with E-state index in [1.165, 1.54) is 18.2 Å². The average Bonchev–Trinajstić information content (AvgIpc) is 3.59. The predicted octanol–water partition coefficient (Wildman–Crippen LogP) is 5.74. The van der Waals surface area contributed by atoms with E-state index in [0.717, 1.165) is 31.1 Å². The molecule has 1 aliphatic heterocycles. The van der Waals surface area contributed by atoms with Gasteiger partial charge in [0.1, 0.15) is 0 Å². The monoisotopic (exact) mass is 563 g/mol. The van der Waals surface area contributed by atoms with Crippen LogP contribution in [0, 0.1) is 5.92 Å². The summed E-state index contributed by atoms with van der Waals surface area (Å²) in [4.78, 5) is 30.1. The van der Waals surface area contributed by atoms with E-state index in [0.29, 0.717) is 28.8 Å². The minimum Gasteiger partial charge on any atom is -0.354 e.